The Kier molecular flexibility index (Phi) is 6.02. The van der Waals surface area contributed by atoms with Crippen molar-refractivity contribution in [2.75, 3.05) is 0 Å². The minimum atomic E-state index is -0.0942. The Balaban J connectivity index is 1.22. The van der Waals surface area contributed by atoms with Crippen LogP contribution in [0.3, 0.4) is 0 Å². The van der Waals surface area contributed by atoms with E-state index in [9.17, 15) is 0 Å². The van der Waals surface area contributed by atoms with Crippen molar-refractivity contribution in [3.8, 4) is 44.5 Å². The molecule has 0 unspecified atom stereocenters. The van der Waals surface area contributed by atoms with Gasteiger partial charge in [0.25, 0.3) is 0 Å². The van der Waals surface area contributed by atoms with Crippen LogP contribution in [-0.2, 0) is 5.41 Å². The molecule has 0 N–H and O–H groups in total. The molecule has 0 nitrogen and oxygen atoms in total. The van der Waals surface area contributed by atoms with Crippen molar-refractivity contribution >= 4 is 43.1 Å². The maximum atomic E-state index is 2.52. The van der Waals surface area contributed by atoms with Gasteiger partial charge in [0, 0.05) is 5.41 Å². The van der Waals surface area contributed by atoms with Crippen molar-refractivity contribution in [2.45, 2.75) is 19.3 Å². The van der Waals surface area contributed by atoms with E-state index in [0.29, 0.717) is 0 Å². The van der Waals surface area contributed by atoms with E-state index in [1.54, 1.807) is 0 Å². The molecule has 0 aliphatic heterocycles. The van der Waals surface area contributed by atoms with Crippen LogP contribution >= 0.6 is 0 Å². The summed E-state index contributed by atoms with van der Waals surface area (Å²) < 4.78 is 0. The zero-order valence-electron chi connectivity index (χ0n) is 27.7. The van der Waals surface area contributed by atoms with E-state index in [2.05, 4.69) is 184 Å². The van der Waals surface area contributed by atoms with Crippen molar-refractivity contribution in [1.82, 2.24) is 0 Å². The Morgan fingerprint density at radius 1 is 0.306 bits per heavy atom. The van der Waals surface area contributed by atoms with Gasteiger partial charge >= 0.3 is 0 Å². The molecule has 0 aromatic heterocycles. The number of hydrogen-bond donors (Lipinski definition) is 0. The van der Waals surface area contributed by atoms with Crippen molar-refractivity contribution in [1.29, 1.82) is 0 Å². The smallest absolute Gasteiger partial charge is 0.0159 e. The Morgan fingerprint density at radius 3 is 1.47 bits per heavy atom. The molecule has 1 aliphatic rings. The van der Waals surface area contributed by atoms with Gasteiger partial charge in [-0.1, -0.05) is 172 Å². The predicted octanol–water partition coefficient (Wildman–Crippen LogP) is 13.6. The fourth-order valence-corrected chi connectivity index (χ4v) is 8.68. The molecule has 0 heterocycles. The third kappa shape index (κ3) is 4.11. The summed E-state index contributed by atoms with van der Waals surface area (Å²) in [6.07, 6.45) is 0. The Morgan fingerprint density at radius 2 is 0.796 bits per heavy atom. The normalized spacial score (nSPS) is 13.3. The predicted molar refractivity (Wildman–Crippen MR) is 210 cm³/mol. The lowest BCUT2D eigenvalue weighted by Gasteiger charge is -2.24. The van der Waals surface area contributed by atoms with Crippen molar-refractivity contribution < 1.29 is 0 Å². The van der Waals surface area contributed by atoms with E-state index in [1.807, 2.05) is 0 Å². The van der Waals surface area contributed by atoms with Crippen LogP contribution in [0, 0.1) is 0 Å². The van der Waals surface area contributed by atoms with Crippen molar-refractivity contribution in [3.63, 3.8) is 0 Å². The van der Waals surface area contributed by atoms with E-state index >= 15 is 0 Å². The Bertz CT molecular complexity index is 2720. The van der Waals surface area contributed by atoms with Crippen LogP contribution in [-0.4, -0.2) is 0 Å². The first kappa shape index (κ1) is 28.1. The van der Waals surface area contributed by atoms with Gasteiger partial charge in [0.1, 0.15) is 0 Å². The van der Waals surface area contributed by atoms with Gasteiger partial charge in [-0.05, 0) is 111 Å². The highest BCUT2D eigenvalue weighted by molar-refractivity contribution is 6.24. The first-order chi connectivity index (χ1) is 24.1. The van der Waals surface area contributed by atoms with Gasteiger partial charge < -0.3 is 0 Å². The molecule has 9 aromatic rings. The van der Waals surface area contributed by atoms with E-state index in [-0.39, 0.29) is 5.41 Å². The molecule has 0 amide bonds. The van der Waals surface area contributed by atoms with Crippen LogP contribution in [0.2, 0.25) is 0 Å². The second-order valence-electron chi connectivity index (χ2n) is 14.0. The summed E-state index contributed by atoms with van der Waals surface area (Å²) in [6.45, 7) is 4.77. The Hall–Kier alpha value is -5.98. The summed E-state index contributed by atoms with van der Waals surface area (Å²) >= 11 is 0. The molecule has 0 saturated heterocycles. The van der Waals surface area contributed by atoms with Crippen molar-refractivity contribution in [3.05, 3.63) is 181 Å². The van der Waals surface area contributed by atoms with Gasteiger partial charge in [0.15, 0.2) is 0 Å². The highest BCUT2D eigenvalue weighted by atomic mass is 14.4. The van der Waals surface area contributed by atoms with Crippen LogP contribution in [0.5, 0.6) is 0 Å². The summed E-state index contributed by atoms with van der Waals surface area (Å²) in [5.74, 6) is 0. The monoisotopic (exact) mass is 622 g/mol. The first-order valence-corrected chi connectivity index (χ1v) is 17.3. The summed E-state index contributed by atoms with van der Waals surface area (Å²) in [5.41, 5.74) is 13.1. The maximum absolute atomic E-state index is 2.52. The number of rotatable bonds is 3. The lowest BCUT2D eigenvalue weighted by Crippen LogP contribution is -2.15. The van der Waals surface area contributed by atoms with Crippen LogP contribution < -0.4 is 0 Å². The molecule has 0 radical (unpaired) electrons. The minimum Gasteiger partial charge on any atom is -0.0619 e. The van der Waals surface area contributed by atoms with Gasteiger partial charge in [-0.2, -0.15) is 0 Å². The molecular weight excluding hydrogens is 589 g/mol. The quantitative estimate of drug-likeness (QED) is 0.172. The first-order valence-electron chi connectivity index (χ1n) is 17.3. The average Bonchev–Trinajstić information content (AvgIpc) is 3.39. The molecule has 49 heavy (non-hydrogen) atoms. The van der Waals surface area contributed by atoms with Gasteiger partial charge in [-0.25, -0.2) is 0 Å². The molecule has 10 rings (SSSR count). The lowest BCUT2D eigenvalue weighted by atomic mass is 9.79. The molecule has 0 fully saturated rings. The molecule has 0 atom stereocenters. The largest absolute Gasteiger partial charge is 0.0619 e. The van der Waals surface area contributed by atoms with Gasteiger partial charge in [-0.15, -0.1) is 0 Å². The lowest BCUT2D eigenvalue weighted by molar-refractivity contribution is 0.661. The molecule has 9 aromatic carbocycles. The van der Waals surface area contributed by atoms with Crippen LogP contribution in [0.15, 0.2) is 170 Å². The molecule has 0 bridgehead atoms. The number of fused-ring (bicyclic) bond motifs is 8. The third-order valence-corrected chi connectivity index (χ3v) is 11.0. The van der Waals surface area contributed by atoms with Gasteiger partial charge in [0.2, 0.25) is 0 Å². The highest BCUT2D eigenvalue weighted by Crippen LogP contribution is 2.54. The summed E-state index contributed by atoms with van der Waals surface area (Å²) in [6, 6.07) is 63.1. The summed E-state index contributed by atoms with van der Waals surface area (Å²) in [4.78, 5) is 0. The summed E-state index contributed by atoms with van der Waals surface area (Å²) in [5, 5.41) is 10.3. The molecular formula is C49H34. The van der Waals surface area contributed by atoms with E-state index in [4.69, 9.17) is 0 Å². The molecule has 0 heteroatoms. The zero-order chi connectivity index (χ0) is 32.7. The average molecular weight is 623 g/mol. The Labute approximate surface area is 286 Å². The van der Waals surface area contributed by atoms with E-state index < -0.39 is 0 Å². The standard InChI is InChI=1S/C49H34/c1-49(2)44-22-12-11-21-42(44)48-37-16-6-5-15-36(37)43(30-45(48)49)47-40-19-9-7-17-38(40)46(39-18-8-10-20-41(39)47)33-26-23-32(24-27-33)35-28-25-31-13-3-4-14-34(31)29-35/h3-30H,1-2H3. The second kappa shape index (κ2) is 10.5. The number of benzene rings is 9. The molecule has 0 spiro atoms. The fraction of sp³-hybridized carbons (Fsp3) is 0.0612. The SMILES string of the molecule is CC1(C)c2ccccc2-c2c1cc(-c1c3ccccc3c(-c3ccc(-c4ccc5ccccc5c4)cc3)c3ccccc13)c1ccccc21. The van der Waals surface area contributed by atoms with Crippen molar-refractivity contribution in [2.24, 2.45) is 0 Å². The van der Waals surface area contributed by atoms with Gasteiger partial charge in [-0.3, -0.25) is 0 Å². The number of hydrogen-bond acceptors (Lipinski definition) is 0. The van der Waals surface area contributed by atoms with Crippen LogP contribution in [0.4, 0.5) is 0 Å². The molecule has 0 saturated carbocycles. The minimum absolute atomic E-state index is 0.0942. The molecule has 1 aliphatic carbocycles. The van der Waals surface area contributed by atoms with E-state index in [0.717, 1.165) is 0 Å². The third-order valence-electron chi connectivity index (χ3n) is 11.0. The maximum Gasteiger partial charge on any atom is 0.0159 e. The van der Waals surface area contributed by atoms with E-state index in [1.165, 1.54) is 98.7 Å². The molecule has 230 valence electrons. The highest BCUT2D eigenvalue weighted by Gasteiger charge is 2.37. The fourth-order valence-electron chi connectivity index (χ4n) is 8.68. The topological polar surface area (TPSA) is 0 Å². The zero-order valence-corrected chi connectivity index (χ0v) is 27.7. The summed E-state index contributed by atoms with van der Waals surface area (Å²) in [7, 11) is 0. The second-order valence-corrected chi connectivity index (χ2v) is 14.0. The van der Waals surface area contributed by atoms with Crippen LogP contribution in [0.25, 0.3) is 87.6 Å². The van der Waals surface area contributed by atoms with Crippen LogP contribution in [0.1, 0.15) is 25.0 Å². The van der Waals surface area contributed by atoms with Gasteiger partial charge in [0.05, 0.1) is 0 Å².